The zero-order chi connectivity index (χ0) is 11.6. The summed E-state index contributed by atoms with van der Waals surface area (Å²) in [6.07, 6.45) is 4.30. The molecule has 0 N–H and O–H groups in total. The van der Waals surface area contributed by atoms with Crippen molar-refractivity contribution < 1.29 is 13.2 Å². The normalized spacial score (nSPS) is 19.4. The van der Waals surface area contributed by atoms with E-state index in [0.717, 1.165) is 0 Å². The van der Waals surface area contributed by atoms with Crippen LogP contribution in [0.1, 0.15) is 10.5 Å². The van der Waals surface area contributed by atoms with Crippen LogP contribution in [-0.4, -0.2) is 53.8 Å². The van der Waals surface area contributed by atoms with Crippen molar-refractivity contribution in [1.82, 2.24) is 14.9 Å². The molecule has 1 fully saturated rings. The smallest absolute Gasteiger partial charge is 0.274 e. The molecular formula is C9H11N3O3S. The van der Waals surface area contributed by atoms with Gasteiger partial charge in [0.2, 0.25) is 0 Å². The standard InChI is InChI=1S/C9H11N3O3S/c13-9(8-7-10-1-2-11-8)12-3-5-16(14,15)6-4-12/h1-2,7H,3-6H2. The largest absolute Gasteiger partial charge is 0.335 e. The highest BCUT2D eigenvalue weighted by Gasteiger charge is 2.26. The minimum Gasteiger partial charge on any atom is -0.335 e. The first-order valence-electron chi connectivity index (χ1n) is 4.84. The molecule has 16 heavy (non-hydrogen) atoms. The van der Waals surface area contributed by atoms with Crippen molar-refractivity contribution in [2.24, 2.45) is 0 Å². The molecule has 7 heteroatoms. The van der Waals surface area contributed by atoms with Crippen LogP contribution in [0.15, 0.2) is 18.6 Å². The Hall–Kier alpha value is -1.50. The second-order valence-corrected chi connectivity index (χ2v) is 5.84. The second kappa shape index (κ2) is 4.17. The number of nitrogens with zero attached hydrogens (tertiary/aromatic N) is 3. The van der Waals surface area contributed by atoms with Gasteiger partial charge in [-0.25, -0.2) is 13.4 Å². The van der Waals surface area contributed by atoms with E-state index in [2.05, 4.69) is 9.97 Å². The van der Waals surface area contributed by atoms with Gasteiger partial charge in [-0.15, -0.1) is 0 Å². The molecule has 2 rings (SSSR count). The molecule has 6 nitrogen and oxygen atoms in total. The Balaban J connectivity index is 2.08. The Morgan fingerprint density at radius 1 is 1.25 bits per heavy atom. The van der Waals surface area contributed by atoms with E-state index in [4.69, 9.17) is 0 Å². The summed E-state index contributed by atoms with van der Waals surface area (Å²) in [6, 6.07) is 0. The molecule has 0 aromatic carbocycles. The average molecular weight is 241 g/mol. The molecule has 1 amide bonds. The number of hydrogen-bond acceptors (Lipinski definition) is 5. The summed E-state index contributed by atoms with van der Waals surface area (Å²) in [5.41, 5.74) is 0.252. The van der Waals surface area contributed by atoms with Gasteiger partial charge >= 0.3 is 0 Å². The molecule has 1 saturated heterocycles. The highest BCUT2D eigenvalue weighted by atomic mass is 32.2. The maximum Gasteiger partial charge on any atom is 0.274 e. The summed E-state index contributed by atoms with van der Waals surface area (Å²) in [6.45, 7) is 0.468. The topological polar surface area (TPSA) is 80.2 Å². The lowest BCUT2D eigenvalue weighted by molar-refractivity contribution is 0.0764. The minimum atomic E-state index is -2.96. The summed E-state index contributed by atoms with van der Waals surface area (Å²) < 4.78 is 22.4. The van der Waals surface area contributed by atoms with Crippen LogP contribution in [-0.2, 0) is 9.84 Å². The molecule has 1 aliphatic rings. The molecule has 86 valence electrons. The number of carbonyl (C=O) groups is 1. The summed E-state index contributed by atoms with van der Waals surface area (Å²) in [4.78, 5) is 21.0. The molecule has 1 aromatic heterocycles. The summed E-state index contributed by atoms with van der Waals surface area (Å²) in [7, 11) is -2.96. The molecule has 0 radical (unpaired) electrons. The van der Waals surface area contributed by atoms with Gasteiger partial charge in [0, 0.05) is 25.5 Å². The van der Waals surface area contributed by atoms with Gasteiger partial charge in [0.05, 0.1) is 17.7 Å². The van der Waals surface area contributed by atoms with Crippen LogP contribution in [0.25, 0.3) is 0 Å². The van der Waals surface area contributed by atoms with Crippen molar-refractivity contribution in [1.29, 1.82) is 0 Å². The van der Waals surface area contributed by atoms with Crippen molar-refractivity contribution in [3.63, 3.8) is 0 Å². The molecule has 0 spiro atoms. The van der Waals surface area contributed by atoms with E-state index in [1.54, 1.807) is 0 Å². The number of sulfone groups is 1. The van der Waals surface area contributed by atoms with E-state index in [1.807, 2.05) is 0 Å². The fourth-order valence-corrected chi connectivity index (χ4v) is 2.69. The number of amides is 1. The first-order chi connectivity index (χ1) is 7.58. The van der Waals surface area contributed by atoms with Crippen LogP contribution in [0, 0.1) is 0 Å². The average Bonchev–Trinajstić information content (AvgIpc) is 2.29. The predicted molar refractivity (Wildman–Crippen MR) is 56.6 cm³/mol. The Bertz CT molecular complexity index is 472. The van der Waals surface area contributed by atoms with Gasteiger partial charge in [0.25, 0.3) is 5.91 Å². The molecule has 1 aliphatic heterocycles. The van der Waals surface area contributed by atoms with Gasteiger partial charge in [-0.1, -0.05) is 0 Å². The Kier molecular flexibility index (Phi) is 2.86. The first kappa shape index (κ1) is 11.0. The highest BCUT2D eigenvalue weighted by molar-refractivity contribution is 7.91. The summed E-state index contributed by atoms with van der Waals surface area (Å²) in [5.74, 6) is -0.208. The number of aromatic nitrogens is 2. The highest BCUT2D eigenvalue weighted by Crippen LogP contribution is 2.07. The fraction of sp³-hybridized carbons (Fsp3) is 0.444. The quantitative estimate of drug-likeness (QED) is 0.652. The van der Waals surface area contributed by atoms with E-state index in [0.29, 0.717) is 0 Å². The van der Waals surface area contributed by atoms with Gasteiger partial charge in [0.15, 0.2) is 9.84 Å². The monoisotopic (exact) mass is 241 g/mol. The van der Waals surface area contributed by atoms with E-state index in [9.17, 15) is 13.2 Å². The van der Waals surface area contributed by atoms with Crippen molar-refractivity contribution in [3.05, 3.63) is 24.3 Å². The van der Waals surface area contributed by atoms with Gasteiger partial charge in [0.1, 0.15) is 5.69 Å². The van der Waals surface area contributed by atoms with Crippen molar-refractivity contribution >= 4 is 15.7 Å². The van der Waals surface area contributed by atoms with E-state index < -0.39 is 9.84 Å². The van der Waals surface area contributed by atoms with E-state index in [-0.39, 0.29) is 36.2 Å². The van der Waals surface area contributed by atoms with Crippen LogP contribution in [0.2, 0.25) is 0 Å². The summed E-state index contributed by atoms with van der Waals surface area (Å²) >= 11 is 0. The third-order valence-corrected chi connectivity index (χ3v) is 4.02. The van der Waals surface area contributed by atoms with Gasteiger partial charge in [-0.05, 0) is 0 Å². The number of hydrogen-bond donors (Lipinski definition) is 0. The zero-order valence-electron chi connectivity index (χ0n) is 8.54. The van der Waals surface area contributed by atoms with E-state index >= 15 is 0 Å². The lowest BCUT2D eigenvalue weighted by Gasteiger charge is -2.26. The van der Waals surface area contributed by atoms with Crippen LogP contribution < -0.4 is 0 Å². The van der Waals surface area contributed by atoms with E-state index in [1.165, 1.54) is 23.5 Å². The molecule has 2 heterocycles. The van der Waals surface area contributed by atoms with Gasteiger partial charge in [-0.2, -0.15) is 0 Å². The van der Waals surface area contributed by atoms with Crippen LogP contribution in [0.4, 0.5) is 0 Å². The van der Waals surface area contributed by atoms with Crippen molar-refractivity contribution in [2.45, 2.75) is 0 Å². The summed E-state index contributed by atoms with van der Waals surface area (Å²) in [5, 5.41) is 0. The van der Waals surface area contributed by atoms with Crippen LogP contribution >= 0.6 is 0 Å². The third kappa shape index (κ3) is 2.35. The van der Waals surface area contributed by atoms with Crippen molar-refractivity contribution in [3.8, 4) is 0 Å². The molecular weight excluding hydrogens is 230 g/mol. The number of carbonyl (C=O) groups excluding carboxylic acids is 1. The molecule has 0 aliphatic carbocycles. The molecule has 0 saturated carbocycles. The zero-order valence-corrected chi connectivity index (χ0v) is 9.35. The second-order valence-electron chi connectivity index (χ2n) is 3.53. The maximum absolute atomic E-state index is 11.8. The van der Waals surface area contributed by atoms with Gasteiger partial charge < -0.3 is 4.90 Å². The molecule has 0 bridgehead atoms. The first-order valence-corrected chi connectivity index (χ1v) is 6.66. The lowest BCUT2D eigenvalue weighted by atomic mass is 10.3. The molecule has 1 aromatic rings. The fourth-order valence-electron chi connectivity index (χ4n) is 1.49. The maximum atomic E-state index is 11.8. The van der Waals surface area contributed by atoms with Gasteiger partial charge in [-0.3, -0.25) is 9.78 Å². The molecule has 0 atom stereocenters. The SMILES string of the molecule is O=C(c1cnccn1)N1CCS(=O)(=O)CC1. The Morgan fingerprint density at radius 3 is 2.50 bits per heavy atom. The predicted octanol–water partition coefficient (Wildman–Crippen LogP) is -0.653. The Morgan fingerprint density at radius 2 is 1.94 bits per heavy atom. The third-order valence-electron chi connectivity index (χ3n) is 2.41. The lowest BCUT2D eigenvalue weighted by Crippen LogP contribution is -2.44. The van der Waals surface area contributed by atoms with Crippen LogP contribution in [0.5, 0.6) is 0 Å². The minimum absolute atomic E-state index is 0.0268. The Labute approximate surface area is 93.2 Å². The van der Waals surface area contributed by atoms with Crippen LogP contribution in [0.3, 0.4) is 0 Å². The van der Waals surface area contributed by atoms with Crippen molar-refractivity contribution in [2.75, 3.05) is 24.6 Å². The molecule has 0 unspecified atom stereocenters. The number of rotatable bonds is 1.